The predicted molar refractivity (Wildman–Crippen MR) is 74.1 cm³/mol. The number of nitrogens with zero attached hydrogens (tertiary/aromatic N) is 5. The van der Waals surface area contributed by atoms with Crippen molar-refractivity contribution < 1.29 is 0 Å². The van der Waals surface area contributed by atoms with Crippen molar-refractivity contribution in [2.75, 3.05) is 18.0 Å². The first-order valence-corrected chi connectivity index (χ1v) is 6.80. The van der Waals surface area contributed by atoms with Crippen LogP contribution in [0.5, 0.6) is 0 Å². The first kappa shape index (κ1) is 12.1. The van der Waals surface area contributed by atoms with Crippen molar-refractivity contribution in [3.63, 3.8) is 0 Å². The molecule has 2 aromatic heterocycles. The Labute approximate surface area is 113 Å². The van der Waals surface area contributed by atoms with Gasteiger partial charge in [0.2, 0.25) is 0 Å². The highest BCUT2D eigenvalue weighted by atomic mass is 15.3. The average Bonchev–Trinajstić information content (AvgIpc) is 2.80. The fourth-order valence-corrected chi connectivity index (χ4v) is 2.58. The van der Waals surface area contributed by atoms with Crippen LogP contribution in [0.25, 0.3) is 0 Å². The molecule has 0 spiro atoms. The highest BCUT2D eigenvalue weighted by molar-refractivity contribution is 5.41. The Kier molecular flexibility index (Phi) is 3.19. The predicted octanol–water partition coefficient (Wildman–Crippen LogP) is 1.68. The first-order valence-electron chi connectivity index (χ1n) is 6.80. The zero-order valence-electron chi connectivity index (χ0n) is 11.5. The molecule has 0 N–H and O–H groups in total. The van der Waals surface area contributed by atoms with Gasteiger partial charge in [-0.1, -0.05) is 6.92 Å². The topological polar surface area (TPSA) is 46.8 Å². The van der Waals surface area contributed by atoms with Crippen LogP contribution in [-0.4, -0.2) is 32.6 Å². The lowest BCUT2D eigenvalue weighted by Crippen LogP contribution is -2.49. The van der Waals surface area contributed by atoms with E-state index in [0.717, 1.165) is 37.6 Å². The Balaban J connectivity index is 1.58. The van der Waals surface area contributed by atoms with Gasteiger partial charge in [-0.2, -0.15) is 0 Å². The van der Waals surface area contributed by atoms with Crippen molar-refractivity contribution in [2.45, 2.75) is 26.8 Å². The summed E-state index contributed by atoms with van der Waals surface area (Å²) in [6.07, 6.45) is 6.61. The molecule has 0 amide bonds. The van der Waals surface area contributed by atoms with Crippen LogP contribution < -0.4 is 4.90 Å². The summed E-state index contributed by atoms with van der Waals surface area (Å²) in [6, 6.07) is 2.05. The van der Waals surface area contributed by atoms with Crippen molar-refractivity contribution in [3.05, 3.63) is 36.3 Å². The third kappa shape index (κ3) is 2.45. The lowest BCUT2D eigenvalue weighted by molar-refractivity contribution is 0.351. The quantitative estimate of drug-likeness (QED) is 0.836. The van der Waals surface area contributed by atoms with Crippen molar-refractivity contribution in [3.8, 4) is 0 Å². The largest absolute Gasteiger partial charge is 0.356 e. The Hall–Kier alpha value is -1.91. The lowest BCUT2D eigenvalue weighted by Gasteiger charge is -2.40. The molecule has 5 nitrogen and oxygen atoms in total. The minimum Gasteiger partial charge on any atom is -0.356 e. The van der Waals surface area contributed by atoms with Gasteiger partial charge in [0.15, 0.2) is 0 Å². The molecule has 3 heterocycles. The maximum atomic E-state index is 4.36. The number of rotatable bonds is 4. The van der Waals surface area contributed by atoms with Crippen LogP contribution in [0.4, 0.5) is 5.82 Å². The van der Waals surface area contributed by atoms with Gasteiger partial charge < -0.3 is 9.47 Å². The second kappa shape index (κ2) is 4.99. The molecule has 100 valence electrons. The van der Waals surface area contributed by atoms with Gasteiger partial charge in [0.1, 0.15) is 18.0 Å². The van der Waals surface area contributed by atoms with Crippen molar-refractivity contribution in [1.82, 2.24) is 19.5 Å². The van der Waals surface area contributed by atoms with Gasteiger partial charge in [-0.3, -0.25) is 0 Å². The molecule has 1 saturated heterocycles. The smallest absolute Gasteiger partial charge is 0.132 e. The molecule has 0 atom stereocenters. The zero-order chi connectivity index (χ0) is 13.2. The van der Waals surface area contributed by atoms with Gasteiger partial charge >= 0.3 is 0 Å². The van der Waals surface area contributed by atoms with E-state index in [4.69, 9.17) is 0 Å². The molecule has 2 aromatic rings. The molecule has 1 aliphatic heterocycles. The second-order valence-corrected chi connectivity index (χ2v) is 5.14. The molecule has 3 rings (SSSR count). The van der Waals surface area contributed by atoms with E-state index in [1.165, 1.54) is 5.82 Å². The SMILES string of the molecule is CCc1nccn1CC1CN(c2cc(C)ncn2)C1. The fourth-order valence-electron chi connectivity index (χ4n) is 2.58. The van der Waals surface area contributed by atoms with E-state index in [-0.39, 0.29) is 0 Å². The van der Waals surface area contributed by atoms with Crippen LogP contribution in [0.3, 0.4) is 0 Å². The van der Waals surface area contributed by atoms with Crippen LogP contribution in [0, 0.1) is 12.8 Å². The maximum absolute atomic E-state index is 4.36. The third-order valence-corrected chi connectivity index (χ3v) is 3.64. The molecular formula is C14H19N5. The van der Waals surface area contributed by atoms with Crippen LogP contribution in [-0.2, 0) is 13.0 Å². The van der Waals surface area contributed by atoms with E-state index in [1.54, 1.807) is 6.33 Å². The van der Waals surface area contributed by atoms with E-state index < -0.39 is 0 Å². The van der Waals surface area contributed by atoms with Crippen LogP contribution in [0.2, 0.25) is 0 Å². The Morgan fingerprint density at radius 2 is 2.11 bits per heavy atom. The molecule has 5 heteroatoms. The van der Waals surface area contributed by atoms with Crippen molar-refractivity contribution in [1.29, 1.82) is 0 Å². The number of anilines is 1. The van der Waals surface area contributed by atoms with Gasteiger partial charge in [0.25, 0.3) is 0 Å². The monoisotopic (exact) mass is 257 g/mol. The highest BCUT2D eigenvalue weighted by Gasteiger charge is 2.28. The normalized spacial score (nSPS) is 15.6. The van der Waals surface area contributed by atoms with Crippen LogP contribution in [0.15, 0.2) is 24.8 Å². The maximum Gasteiger partial charge on any atom is 0.132 e. The van der Waals surface area contributed by atoms with E-state index in [0.29, 0.717) is 5.92 Å². The molecule has 0 saturated carbocycles. The summed E-state index contributed by atoms with van der Waals surface area (Å²) in [5, 5.41) is 0. The summed E-state index contributed by atoms with van der Waals surface area (Å²) in [6.45, 7) is 7.34. The van der Waals surface area contributed by atoms with Gasteiger partial charge in [0, 0.05) is 56.1 Å². The van der Waals surface area contributed by atoms with Crippen LogP contribution >= 0.6 is 0 Å². The first-order chi connectivity index (χ1) is 9.26. The summed E-state index contributed by atoms with van der Waals surface area (Å²) in [5.41, 5.74) is 1.02. The molecule has 19 heavy (non-hydrogen) atoms. The summed E-state index contributed by atoms with van der Waals surface area (Å²) >= 11 is 0. The minimum atomic E-state index is 0.690. The van der Waals surface area contributed by atoms with E-state index in [9.17, 15) is 0 Å². The summed E-state index contributed by atoms with van der Waals surface area (Å²) in [4.78, 5) is 15.1. The molecule has 0 bridgehead atoms. The summed E-state index contributed by atoms with van der Waals surface area (Å²) in [7, 11) is 0. The standard InChI is InChI=1S/C14H19N5/c1-3-13-15-4-5-18(13)7-12-8-19(9-12)14-6-11(2)16-10-17-14/h4-6,10,12H,3,7-9H2,1-2H3. The van der Waals surface area contributed by atoms with Gasteiger partial charge in [-0.25, -0.2) is 15.0 Å². The molecule has 0 aromatic carbocycles. The van der Waals surface area contributed by atoms with Gasteiger partial charge in [-0.05, 0) is 6.92 Å². The zero-order valence-corrected chi connectivity index (χ0v) is 11.5. The Morgan fingerprint density at radius 3 is 2.84 bits per heavy atom. The number of imidazole rings is 1. The molecule has 1 aliphatic rings. The molecule has 0 unspecified atom stereocenters. The van der Waals surface area contributed by atoms with Crippen molar-refractivity contribution >= 4 is 5.82 Å². The third-order valence-electron chi connectivity index (χ3n) is 3.64. The Bertz CT molecular complexity index is 556. The molecule has 0 aliphatic carbocycles. The average molecular weight is 257 g/mol. The van der Waals surface area contributed by atoms with E-state index in [1.807, 2.05) is 19.2 Å². The fraction of sp³-hybridized carbons (Fsp3) is 0.500. The summed E-state index contributed by atoms with van der Waals surface area (Å²) < 4.78 is 2.27. The van der Waals surface area contributed by atoms with E-state index >= 15 is 0 Å². The summed E-state index contributed by atoms with van der Waals surface area (Å²) in [5.74, 6) is 2.91. The Morgan fingerprint density at radius 1 is 1.26 bits per heavy atom. The van der Waals surface area contributed by atoms with Gasteiger partial charge in [-0.15, -0.1) is 0 Å². The lowest BCUT2D eigenvalue weighted by atomic mass is 10.00. The number of aromatic nitrogens is 4. The van der Waals surface area contributed by atoms with Gasteiger partial charge in [0.05, 0.1) is 0 Å². The van der Waals surface area contributed by atoms with E-state index in [2.05, 4.69) is 37.5 Å². The molecular weight excluding hydrogens is 238 g/mol. The molecule has 1 fully saturated rings. The van der Waals surface area contributed by atoms with Crippen LogP contribution in [0.1, 0.15) is 18.4 Å². The molecule has 0 radical (unpaired) electrons. The number of hydrogen-bond donors (Lipinski definition) is 0. The second-order valence-electron chi connectivity index (χ2n) is 5.14. The minimum absolute atomic E-state index is 0.690. The van der Waals surface area contributed by atoms with Crippen molar-refractivity contribution in [2.24, 2.45) is 5.92 Å². The number of hydrogen-bond acceptors (Lipinski definition) is 4. The number of aryl methyl sites for hydroxylation is 2. The highest BCUT2D eigenvalue weighted by Crippen LogP contribution is 2.24.